The Morgan fingerprint density at radius 3 is 2.83 bits per heavy atom. The fraction of sp³-hybridized carbons (Fsp3) is 0.824. The van der Waals surface area contributed by atoms with Gasteiger partial charge >= 0.3 is 0 Å². The van der Waals surface area contributed by atoms with Crippen LogP contribution in [-0.4, -0.2) is 64.6 Å². The predicted octanol–water partition coefficient (Wildman–Crippen LogP) is 1.12. The maximum Gasteiger partial charge on any atom is 0.273 e. The zero-order valence-corrected chi connectivity index (χ0v) is 14.9. The van der Waals surface area contributed by atoms with Crippen molar-refractivity contribution in [2.45, 2.75) is 58.0 Å². The molecular formula is C17H30N6O. The first kappa shape index (κ1) is 17.4. The Balaban J connectivity index is 1.52. The highest BCUT2D eigenvalue weighted by Gasteiger charge is 2.23. The average Bonchev–Trinajstić information content (AvgIpc) is 2.99. The molecule has 0 radical (unpaired) electrons. The van der Waals surface area contributed by atoms with E-state index in [4.69, 9.17) is 0 Å². The second kappa shape index (κ2) is 8.07. The van der Waals surface area contributed by atoms with Gasteiger partial charge in [-0.3, -0.25) is 9.69 Å². The summed E-state index contributed by atoms with van der Waals surface area (Å²) < 4.78 is 1.93. The van der Waals surface area contributed by atoms with Crippen molar-refractivity contribution in [3.63, 3.8) is 0 Å². The van der Waals surface area contributed by atoms with Gasteiger partial charge in [-0.1, -0.05) is 11.6 Å². The van der Waals surface area contributed by atoms with Crippen LogP contribution in [0.3, 0.4) is 0 Å². The van der Waals surface area contributed by atoms with E-state index in [-0.39, 0.29) is 5.91 Å². The third-order valence-corrected chi connectivity index (χ3v) is 5.42. The molecule has 0 bridgehead atoms. The minimum Gasteiger partial charge on any atom is -0.349 e. The summed E-state index contributed by atoms with van der Waals surface area (Å²) in [5, 5.41) is 14.7. The van der Waals surface area contributed by atoms with Crippen LogP contribution in [0.4, 0.5) is 0 Å². The van der Waals surface area contributed by atoms with Crippen LogP contribution in [0.1, 0.15) is 61.3 Å². The molecule has 2 N–H and O–H groups in total. The molecule has 1 atom stereocenters. The molecule has 0 saturated carbocycles. The van der Waals surface area contributed by atoms with Crippen LogP contribution in [-0.2, 0) is 0 Å². The van der Waals surface area contributed by atoms with Gasteiger partial charge in [0.2, 0.25) is 0 Å². The molecule has 7 heteroatoms. The second-order valence-electron chi connectivity index (χ2n) is 7.09. The zero-order chi connectivity index (χ0) is 16.9. The first-order valence-corrected chi connectivity index (χ1v) is 9.31. The van der Waals surface area contributed by atoms with Crippen molar-refractivity contribution < 1.29 is 4.79 Å². The van der Waals surface area contributed by atoms with Gasteiger partial charge in [0.05, 0.1) is 11.7 Å². The number of hydrogen-bond acceptors (Lipinski definition) is 5. The molecular weight excluding hydrogens is 304 g/mol. The van der Waals surface area contributed by atoms with Crippen LogP contribution in [0.25, 0.3) is 0 Å². The minimum atomic E-state index is -0.0997. The van der Waals surface area contributed by atoms with Crippen molar-refractivity contribution in [2.24, 2.45) is 0 Å². The third kappa shape index (κ3) is 3.95. The van der Waals surface area contributed by atoms with E-state index < -0.39 is 0 Å². The van der Waals surface area contributed by atoms with Crippen LogP contribution in [0.5, 0.6) is 0 Å². The molecule has 2 fully saturated rings. The van der Waals surface area contributed by atoms with Gasteiger partial charge in [-0.2, -0.15) is 0 Å². The Morgan fingerprint density at radius 1 is 1.29 bits per heavy atom. The van der Waals surface area contributed by atoms with E-state index in [2.05, 4.69) is 32.8 Å². The molecule has 2 aliphatic heterocycles. The number of aromatic nitrogens is 3. The number of carbonyl (C=O) groups excluding carboxylic acids is 1. The number of nitrogens with zero attached hydrogens (tertiary/aromatic N) is 4. The fourth-order valence-corrected chi connectivity index (χ4v) is 3.84. The summed E-state index contributed by atoms with van der Waals surface area (Å²) in [6.07, 6.45) is 5.93. The summed E-state index contributed by atoms with van der Waals surface area (Å²) in [7, 11) is 0. The van der Waals surface area contributed by atoms with Crippen molar-refractivity contribution in [2.75, 3.05) is 32.7 Å². The van der Waals surface area contributed by atoms with Crippen molar-refractivity contribution in [3.8, 4) is 0 Å². The van der Waals surface area contributed by atoms with Gasteiger partial charge in [-0.25, -0.2) is 4.68 Å². The van der Waals surface area contributed by atoms with Gasteiger partial charge in [-0.05, 0) is 59.2 Å². The largest absolute Gasteiger partial charge is 0.349 e. The Kier molecular flexibility index (Phi) is 5.84. The van der Waals surface area contributed by atoms with E-state index in [1.54, 1.807) is 0 Å². The molecule has 2 aliphatic rings. The quantitative estimate of drug-likeness (QED) is 0.844. The summed E-state index contributed by atoms with van der Waals surface area (Å²) in [6, 6.07) is 0.979. The predicted molar refractivity (Wildman–Crippen MR) is 93.1 cm³/mol. The summed E-state index contributed by atoms with van der Waals surface area (Å²) in [4.78, 5) is 14.9. The maximum absolute atomic E-state index is 12.4. The summed E-state index contributed by atoms with van der Waals surface area (Å²) in [5.41, 5.74) is 1.35. The molecule has 24 heavy (non-hydrogen) atoms. The normalized spacial score (nSPS) is 23.3. The number of carbonyl (C=O) groups is 1. The van der Waals surface area contributed by atoms with Crippen molar-refractivity contribution >= 4 is 5.91 Å². The van der Waals surface area contributed by atoms with E-state index >= 15 is 0 Å². The molecule has 0 aromatic carbocycles. The number of likely N-dealkylation sites (tertiary alicyclic amines) is 1. The van der Waals surface area contributed by atoms with Gasteiger partial charge in [-0.15, -0.1) is 5.10 Å². The number of rotatable bonds is 5. The van der Waals surface area contributed by atoms with E-state index in [1.165, 1.54) is 19.3 Å². The third-order valence-electron chi connectivity index (χ3n) is 5.42. The molecule has 2 saturated heterocycles. The van der Waals surface area contributed by atoms with Gasteiger partial charge in [0.15, 0.2) is 5.69 Å². The minimum absolute atomic E-state index is 0.0997. The van der Waals surface area contributed by atoms with Crippen molar-refractivity contribution in [1.29, 1.82) is 0 Å². The van der Waals surface area contributed by atoms with Crippen molar-refractivity contribution in [3.05, 3.63) is 11.4 Å². The first-order valence-electron chi connectivity index (χ1n) is 9.31. The van der Waals surface area contributed by atoms with E-state index in [0.29, 0.717) is 24.3 Å². The number of nitrogens with one attached hydrogen (secondary N) is 2. The molecule has 0 aliphatic carbocycles. The SMILES string of the molecule is Cc1c(C(=O)NCCN2CCCCC2C)nnn1C1CCNCC1. The Morgan fingerprint density at radius 2 is 2.08 bits per heavy atom. The van der Waals surface area contributed by atoms with Crippen LogP contribution >= 0.6 is 0 Å². The molecule has 3 rings (SSSR count). The average molecular weight is 334 g/mol. The fourth-order valence-electron chi connectivity index (χ4n) is 3.84. The van der Waals surface area contributed by atoms with Crippen molar-refractivity contribution in [1.82, 2.24) is 30.5 Å². The number of amides is 1. The van der Waals surface area contributed by atoms with Gasteiger partial charge in [0.25, 0.3) is 5.91 Å². The highest BCUT2D eigenvalue weighted by atomic mass is 16.2. The lowest BCUT2D eigenvalue weighted by atomic mass is 10.0. The number of hydrogen-bond donors (Lipinski definition) is 2. The number of piperidine rings is 2. The standard InChI is InChI=1S/C17H30N6O/c1-13-5-3-4-11-22(13)12-10-19-17(24)16-14(2)23(21-20-16)15-6-8-18-9-7-15/h13,15,18H,3-12H2,1-2H3,(H,19,24). The molecule has 7 nitrogen and oxygen atoms in total. The molecule has 3 heterocycles. The zero-order valence-electron chi connectivity index (χ0n) is 14.9. The summed E-state index contributed by atoms with van der Waals surface area (Å²) >= 11 is 0. The molecule has 1 unspecified atom stereocenters. The van der Waals surface area contributed by atoms with Gasteiger partial charge in [0, 0.05) is 19.1 Å². The van der Waals surface area contributed by atoms with Crippen LogP contribution in [0.15, 0.2) is 0 Å². The summed E-state index contributed by atoms with van der Waals surface area (Å²) in [6.45, 7) is 8.94. The molecule has 1 amide bonds. The summed E-state index contributed by atoms with van der Waals surface area (Å²) in [5.74, 6) is -0.0997. The van der Waals surface area contributed by atoms with Crippen LogP contribution in [0, 0.1) is 6.92 Å². The highest BCUT2D eigenvalue weighted by molar-refractivity contribution is 5.93. The van der Waals surface area contributed by atoms with Crippen LogP contribution in [0.2, 0.25) is 0 Å². The van der Waals surface area contributed by atoms with E-state index in [1.807, 2.05) is 11.6 Å². The monoisotopic (exact) mass is 334 g/mol. The van der Waals surface area contributed by atoms with E-state index in [9.17, 15) is 4.79 Å². The topological polar surface area (TPSA) is 75.1 Å². The Labute approximate surface area is 144 Å². The smallest absolute Gasteiger partial charge is 0.273 e. The van der Waals surface area contributed by atoms with Gasteiger partial charge < -0.3 is 10.6 Å². The lowest BCUT2D eigenvalue weighted by Crippen LogP contribution is -2.42. The molecule has 1 aromatic rings. The molecule has 0 spiro atoms. The molecule has 1 aromatic heterocycles. The Bertz CT molecular complexity index is 551. The highest BCUT2D eigenvalue weighted by Crippen LogP contribution is 2.20. The first-order chi connectivity index (χ1) is 11.7. The van der Waals surface area contributed by atoms with Crippen LogP contribution < -0.4 is 10.6 Å². The second-order valence-corrected chi connectivity index (χ2v) is 7.09. The maximum atomic E-state index is 12.4. The van der Waals surface area contributed by atoms with E-state index in [0.717, 1.165) is 44.7 Å². The lowest BCUT2D eigenvalue weighted by molar-refractivity contribution is 0.0932. The Hall–Kier alpha value is -1.47. The van der Waals surface area contributed by atoms with Gasteiger partial charge in [0.1, 0.15) is 0 Å². The lowest BCUT2D eigenvalue weighted by Gasteiger charge is -2.33. The molecule has 134 valence electrons.